The van der Waals surface area contributed by atoms with Gasteiger partial charge in [0.25, 0.3) is 0 Å². The van der Waals surface area contributed by atoms with Crippen LogP contribution in [0.2, 0.25) is 0 Å². The summed E-state index contributed by atoms with van der Waals surface area (Å²) in [6.07, 6.45) is 9.90. The van der Waals surface area contributed by atoms with E-state index in [9.17, 15) is 9.35 Å². The molecule has 0 aliphatic heterocycles. The van der Waals surface area contributed by atoms with Crippen molar-refractivity contribution in [2.45, 2.75) is 50.3 Å². The van der Waals surface area contributed by atoms with Crippen LogP contribution in [-0.4, -0.2) is 46.9 Å². The van der Waals surface area contributed by atoms with Crippen molar-refractivity contribution in [3.63, 3.8) is 0 Å². The summed E-state index contributed by atoms with van der Waals surface area (Å²) in [5, 5.41) is 2.87. The van der Waals surface area contributed by atoms with Crippen molar-refractivity contribution in [2.75, 3.05) is 32.2 Å². The minimum absolute atomic E-state index is 0.282. The number of carbonyl (C=O) groups is 1. The highest BCUT2D eigenvalue weighted by atomic mass is 32.2. The van der Waals surface area contributed by atoms with Gasteiger partial charge in [0.05, 0.1) is 31.9 Å². The number of nitrogens with one attached hydrogen (secondary N) is 1. The van der Waals surface area contributed by atoms with Gasteiger partial charge in [0, 0.05) is 30.5 Å². The van der Waals surface area contributed by atoms with Crippen LogP contribution in [0, 0.1) is 0 Å². The van der Waals surface area contributed by atoms with Crippen LogP contribution < -0.4 is 14.8 Å². The van der Waals surface area contributed by atoms with E-state index >= 15 is 0 Å². The molecule has 0 aliphatic rings. The maximum absolute atomic E-state index is 12.9. The molecule has 1 atom stereocenters. The summed E-state index contributed by atoms with van der Waals surface area (Å²) in [5.74, 6) is 1.56. The molecule has 1 aromatic heterocycles. The van der Waals surface area contributed by atoms with Gasteiger partial charge in [-0.3, -0.25) is 4.79 Å². The van der Waals surface area contributed by atoms with Gasteiger partial charge in [0.2, 0.25) is 5.91 Å². The minimum atomic E-state index is -1.22. The topological polar surface area (TPSA) is 97.7 Å². The number of nitrogens with zero attached hydrogens (tertiary/aromatic N) is 2. The maximum atomic E-state index is 12.9. The van der Waals surface area contributed by atoms with Gasteiger partial charge in [-0.1, -0.05) is 38.5 Å². The SMILES string of the molecule is CCCCOCCOc1ccc(-c2ccc(OC)c(/C=C/C(=O)Nc3ccc([S+]([O-])Cc4cncn4CCC)cc3)c2)cc1. The molecule has 4 aromatic rings. The highest BCUT2D eigenvalue weighted by molar-refractivity contribution is 7.90. The molecule has 1 amide bonds. The Bertz CT molecular complexity index is 1490. The van der Waals surface area contributed by atoms with Crippen LogP contribution in [0.3, 0.4) is 0 Å². The van der Waals surface area contributed by atoms with Crippen molar-refractivity contribution >= 4 is 28.8 Å². The summed E-state index contributed by atoms with van der Waals surface area (Å²) in [5.41, 5.74) is 4.34. The second kappa shape index (κ2) is 17.3. The van der Waals surface area contributed by atoms with Crippen LogP contribution in [0.1, 0.15) is 44.4 Å². The summed E-state index contributed by atoms with van der Waals surface area (Å²) >= 11 is -1.22. The molecule has 0 fully saturated rings. The van der Waals surface area contributed by atoms with Crippen LogP contribution in [-0.2, 0) is 33.0 Å². The molecule has 0 radical (unpaired) electrons. The number of aryl methyl sites for hydroxylation is 1. The molecule has 4 rings (SSSR count). The van der Waals surface area contributed by atoms with E-state index in [0.717, 1.165) is 60.5 Å². The lowest BCUT2D eigenvalue weighted by atomic mass is 10.0. The maximum Gasteiger partial charge on any atom is 0.248 e. The van der Waals surface area contributed by atoms with Crippen LogP contribution in [0.25, 0.3) is 17.2 Å². The molecule has 9 heteroatoms. The fourth-order valence-corrected chi connectivity index (χ4v) is 5.64. The Morgan fingerprint density at radius 3 is 2.48 bits per heavy atom. The fourth-order valence-electron chi connectivity index (χ4n) is 4.52. The zero-order valence-electron chi connectivity index (χ0n) is 25.7. The number of rotatable bonds is 17. The number of unbranched alkanes of at least 4 members (excludes halogenated alkanes) is 1. The number of anilines is 1. The standard InChI is InChI=1S/C35H41N3O5S/c1-4-6-20-42-21-22-43-32-13-7-27(8-14-32)28-9-17-34(41-3)29(23-28)10-18-35(39)37-30-11-15-33(16-12-30)44(40)25-31-24-36-26-38(31)19-5-2/h7-18,23-24,26H,4-6,19-22,25H2,1-3H3,(H,37,39)/b18-10+. The Hall–Kier alpha value is -4.05. The van der Waals surface area contributed by atoms with E-state index in [1.165, 1.54) is 6.08 Å². The van der Waals surface area contributed by atoms with Gasteiger partial charge in [-0.2, -0.15) is 0 Å². The number of hydrogen-bond donors (Lipinski definition) is 1. The first kappa shape index (κ1) is 32.9. The quantitative estimate of drug-likeness (QED) is 0.0772. The number of hydrogen-bond acceptors (Lipinski definition) is 6. The molecule has 0 saturated heterocycles. The third-order valence-electron chi connectivity index (χ3n) is 6.90. The van der Waals surface area contributed by atoms with Crippen molar-refractivity contribution in [3.05, 3.63) is 96.6 Å². The molecule has 0 spiro atoms. The van der Waals surface area contributed by atoms with Crippen molar-refractivity contribution in [1.82, 2.24) is 9.55 Å². The molecular weight excluding hydrogens is 574 g/mol. The van der Waals surface area contributed by atoms with Crippen molar-refractivity contribution < 1.29 is 23.6 Å². The van der Waals surface area contributed by atoms with Gasteiger partial charge >= 0.3 is 0 Å². The Balaban J connectivity index is 1.33. The van der Waals surface area contributed by atoms with E-state index in [1.54, 1.807) is 50.0 Å². The summed E-state index contributed by atoms with van der Waals surface area (Å²) in [6.45, 7) is 6.93. The van der Waals surface area contributed by atoms with Gasteiger partial charge < -0.3 is 28.6 Å². The average Bonchev–Trinajstić information content (AvgIpc) is 3.48. The lowest BCUT2D eigenvalue weighted by Gasteiger charge is -2.12. The third kappa shape index (κ3) is 9.74. The molecule has 1 N–H and O–H groups in total. The predicted molar refractivity (Wildman–Crippen MR) is 176 cm³/mol. The number of carbonyl (C=O) groups excluding carboxylic acids is 1. The van der Waals surface area contributed by atoms with Crippen molar-refractivity contribution in [2.24, 2.45) is 0 Å². The van der Waals surface area contributed by atoms with Crippen LogP contribution in [0.5, 0.6) is 11.5 Å². The van der Waals surface area contributed by atoms with Crippen molar-refractivity contribution in [3.8, 4) is 22.6 Å². The highest BCUT2D eigenvalue weighted by Gasteiger charge is 2.15. The molecule has 232 valence electrons. The van der Waals surface area contributed by atoms with E-state index in [4.69, 9.17) is 14.2 Å². The monoisotopic (exact) mass is 615 g/mol. The number of aromatic nitrogens is 2. The molecular formula is C35H41N3O5S. The largest absolute Gasteiger partial charge is 0.611 e. The first-order valence-electron chi connectivity index (χ1n) is 15.0. The number of benzene rings is 3. The van der Waals surface area contributed by atoms with Gasteiger partial charge in [-0.05, 0) is 89.8 Å². The Labute approximate surface area is 263 Å². The van der Waals surface area contributed by atoms with E-state index in [2.05, 4.69) is 24.1 Å². The molecule has 0 aliphatic carbocycles. The van der Waals surface area contributed by atoms with E-state index in [1.807, 2.05) is 47.0 Å². The first-order chi connectivity index (χ1) is 21.5. The summed E-state index contributed by atoms with van der Waals surface area (Å²) in [6, 6.07) is 20.8. The van der Waals surface area contributed by atoms with Gasteiger partial charge in [0.15, 0.2) is 10.6 Å². The molecule has 1 heterocycles. The Kier molecular flexibility index (Phi) is 12.9. The van der Waals surface area contributed by atoms with Crippen LogP contribution >= 0.6 is 0 Å². The number of imidazole rings is 1. The second-order valence-electron chi connectivity index (χ2n) is 10.2. The zero-order chi connectivity index (χ0) is 31.1. The lowest BCUT2D eigenvalue weighted by molar-refractivity contribution is -0.111. The van der Waals surface area contributed by atoms with Gasteiger partial charge in [0.1, 0.15) is 18.1 Å². The van der Waals surface area contributed by atoms with Crippen LogP contribution in [0.15, 0.2) is 90.2 Å². The summed E-state index contributed by atoms with van der Waals surface area (Å²) in [7, 11) is 1.60. The molecule has 44 heavy (non-hydrogen) atoms. The Morgan fingerprint density at radius 1 is 0.977 bits per heavy atom. The number of ether oxygens (including phenoxy) is 3. The lowest BCUT2D eigenvalue weighted by Crippen LogP contribution is -2.11. The van der Waals surface area contributed by atoms with E-state index in [-0.39, 0.29) is 5.91 Å². The van der Waals surface area contributed by atoms with E-state index < -0.39 is 11.2 Å². The smallest absolute Gasteiger partial charge is 0.248 e. The first-order valence-corrected chi connectivity index (χ1v) is 16.3. The predicted octanol–water partition coefficient (Wildman–Crippen LogP) is 7.12. The normalized spacial score (nSPS) is 11.9. The fraction of sp³-hybridized carbons (Fsp3) is 0.314. The summed E-state index contributed by atoms with van der Waals surface area (Å²) in [4.78, 5) is 17.6. The van der Waals surface area contributed by atoms with Gasteiger partial charge in [-0.15, -0.1) is 0 Å². The minimum Gasteiger partial charge on any atom is -0.611 e. The van der Waals surface area contributed by atoms with E-state index in [0.29, 0.717) is 35.3 Å². The summed E-state index contributed by atoms with van der Waals surface area (Å²) < 4.78 is 31.8. The Morgan fingerprint density at radius 2 is 1.75 bits per heavy atom. The molecule has 3 aromatic carbocycles. The van der Waals surface area contributed by atoms with Gasteiger partial charge in [-0.25, -0.2) is 4.98 Å². The number of amides is 1. The molecule has 8 nitrogen and oxygen atoms in total. The zero-order valence-corrected chi connectivity index (χ0v) is 26.5. The highest BCUT2D eigenvalue weighted by Crippen LogP contribution is 2.29. The molecule has 0 bridgehead atoms. The number of methoxy groups -OCH3 is 1. The second-order valence-corrected chi connectivity index (χ2v) is 11.7. The average molecular weight is 616 g/mol. The molecule has 0 saturated carbocycles. The molecule has 1 unspecified atom stereocenters. The third-order valence-corrected chi connectivity index (χ3v) is 8.25. The van der Waals surface area contributed by atoms with Crippen molar-refractivity contribution in [1.29, 1.82) is 0 Å². The van der Waals surface area contributed by atoms with Crippen LogP contribution in [0.4, 0.5) is 5.69 Å².